The molecule has 0 radical (unpaired) electrons. The Labute approximate surface area is 271 Å². The number of rotatable bonds is 15. The molecule has 0 bridgehead atoms. The van der Waals surface area contributed by atoms with Crippen LogP contribution in [0, 0.1) is 7.14 Å². The van der Waals surface area contributed by atoms with Gasteiger partial charge in [-0.15, -0.1) is 0 Å². The zero-order valence-corrected chi connectivity index (χ0v) is 27.9. The molecule has 43 heavy (non-hydrogen) atoms. The minimum absolute atomic E-state index is 0.0968. The van der Waals surface area contributed by atoms with Crippen LogP contribution >= 0.6 is 41.5 Å². The molecule has 8 nitrogen and oxygen atoms in total. The largest absolute Gasteiger partial charge is 0.490 e. The van der Waals surface area contributed by atoms with Crippen LogP contribution in [0.3, 0.4) is 0 Å². The van der Waals surface area contributed by atoms with Crippen molar-refractivity contribution < 1.29 is 19.0 Å². The van der Waals surface area contributed by atoms with Crippen LogP contribution in [0.1, 0.15) is 6.92 Å². The molecule has 0 heterocycles. The van der Waals surface area contributed by atoms with Gasteiger partial charge in [-0.25, -0.2) is 4.79 Å². The van der Waals surface area contributed by atoms with E-state index in [2.05, 4.69) is 48.8 Å². The van der Waals surface area contributed by atoms with Gasteiger partial charge in [0.15, 0.2) is 6.10 Å². The summed E-state index contributed by atoms with van der Waals surface area (Å²) in [5, 5.41) is 8.56. The summed E-state index contributed by atoms with van der Waals surface area (Å²) in [6, 6.07) is 30.8. The zero-order valence-electron chi connectivity index (χ0n) is 23.6. The Morgan fingerprint density at radius 1 is 0.698 bits per heavy atom. The van der Waals surface area contributed by atoms with Gasteiger partial charge in [0.25, 0.3) is 0 Å². The number of anilines is 2. The lowest BCUT2D eigenvalue weighted by molar-refractivity contribution is -0.147. The third-order valence-electron chi connectivity index (χ3n) is 5.80. The molecule has 2 N–H and O–H groups in total. The molecule has 0 saturated carbocycles. The standard InChI is InChI=1S/C33H32I2N4O4/c1-23(2)33(40)43-32(21-41-30-17-13-28(14-18-30)38-36-26-9-5-24(34-3)6-10-26)22-42-31-19-15-29(16-20-31)39-37-27-11-7-25(35-4)8-12-27/h5-20,32,36,38H,1,3-4,21-22H2,2H3. The molecule has 0 aromatic heterocycles. The highest BCUT2D eigenvalue weighted by atomic mass is 127. The van der Waals surface area contributed by atoms with Gasteiger partial charge < -0.3 is 25.1 Å². The maximum absolute atomic E-state index is 12.2. The van der Waals surface area contributed by atoms with Crippen LogP contribution in [0.4, 0.5) is 22.7 Å². The number of esters is 1. The van der Waals surface area contributed by atoms with Gasteiger partial charge in [-0.2, -0.15) is 10.2 Å². The molecule has 1 atom stereocenters. The SMILES string of the molecule is C=Ic1ccc(N=Nc2ccc(OCC(COc3ccc(NNc4ccc(I=C)cc4)cc3)OC(=O)C(=C)C)cc2)cc1. The van der Waals surface area contributed by atoms with E-state index in [0.29, 0.717) is 22.8 Å². The van der Waals surface area contributed by atoms with Gasteiger partial charge in [0.05, 0.1) is 22.7 Å². The lowest BCUT2D eigenvalue weighted by Gasteiger charge is -2.19. The highest BCUT2D eigenvalue weighted by molar-refractivity contribution is 14.2. The molecule has 4 aromatic rings. The van der Waals surface area contributed by atoms with E-state index in [0.717, 1.165) is 17.1 Å². The average Bonchev–Trinajstić information content (AvgIpc) is 3.05. The Kier molecular flexibility index (Phi) is 12.4. The van der Waals surface area contributed by atoms with E-state index in [4.69, 9.17) is 14.2 Å². The summed E-state index contributed by atoms with van der Waals surface area (Å²) in [6.45, 7) is 5.47. The molecule has 0 aliphatic rings. The summed E-state index contributed by atoms with van der Waals surface area (Å²) in [4.78, 5) is 12.2. The quantitative estimate of drug-likeness (QED) is 0.0411. The lowest BCUT2D eigenvalue weighted by Crippen LogP contribution is -2.31. The lowest BCUT2D eigenvalue weighted by atomic mass is 10.3. The molecule has 0 amide bonds. The Morgan fingerprint density at radius 3 is 1.53 bits per heavy atom. The van der Waals surface area contributed by atoms with Crippen LogP contribution in [0.25, 0.3) is 0 Å². The second kappa shape index (κ2) is 16.7. The molecular weight excluding hydrogens is 770 g/mol. The number of ether oxygens (including phenoxy) is 3. The average molecular weight is 802 g/mol. The molecular formula is C33H32I2N4O4. The predicted octanol–water partition coefficient (Wildman–Crippen LogP) is 8.63. The molecule has 222 valence electrons. The summed E-state index contributed by atoms with van der Waals surface area (Å²) in [7, 11) is 0. The maximum atomic E-state index is 12.2. The maximum Gasteiger partial charge on any atom is 0.333 e. The second-order valence-electron chi connectivity index (χ2n) is 9.15. The van der Waals surface area contributed by atoms with Crippen LogP contribution in [0.5, 0.6) is 11.5 Å². The van der Waals surface area contributed by atoms with E-state index in [9.17, 15) is 4.79 Å². The molecule has 4 aromatic carbocycles. The fraction of sp³-hybridized carbons (Fsp3) is 0.121. The first-order valence-electron chi connectivity index (χ1n) is 13.1. The van der Waals surface area contributed by atoms with E-state index in [1.807, 2.05) is 72.8 Å². The number of azo groups is 1. The highest BCUT2D eigenvalue weighted by Gasteiger charge is 2.17. The number of carbonyl (C=O) groups excluding carboxylic acids is 1. The van der Waals surface area contributed by atoms with Crippen molar-refractivity contribution in [2.45, 2.75) is 13.0 Å². The fourth-order valence-corrected chi connectivity index (χ4v) is 5.21. The first-order valence-corrected chi connectivity index (χ1v) is 18.4. The van der Waals surface area contributed by atoms with Crippen molar-refractivity contribution in [2.24, 2.45) is 10.2 Å². The Balaban J connectivity index is 1.29. The number of nitrogens with one attached hydrogen (secondary N) is 2. The number of nitrogens with zero attached hydrogens (tertiary/aromatic N) is 2. The smallest absolute Gasteiger partial charge is 0.333 e. The van der Waals surface area contributed by atoms with E-state index >= 15 is 0 Å². The molecule has 0 aliphatic carbocycles. The molecule has 1 unspecified atom stereocenters. The van der Waals surface area contributed by atoms with Crippen molar-refractivity contribution in [3.63, 3.8) is 0 Å². The molecule has 0 saturated heterocycles. The second-order valence-corrected chi connectivity index (χ2v) is 13.2. The molecule has 0 fully saturated rings. The van der Waals surface area contributed by atoms with Gasteiger partial charge in [0, 0.05) is 12.7 Å². The predicted molar refractivity (Wildman–Crippen MR) is 193 cm³/mol. The van der Waals surface area contributed by atoms with Crippen molar-refractivity contribution in [2.75, 3.05) is 24.1 Å². The fourth-order valence-electron chi connectivity index (χ4n) is 3.47. The summed E-state index contributed by atoms with van der Waals surface area (Å²) < 4.78 is 27.9. The Morgan fingerprint density at radius 2 is 1.09 bits per heavy atom. The third-order valence-corrected chi connectivity index (χ3v) is 9.00. The van der Waals surface area contributed by atoms with E-state index in [-0.39, 0.29) is 54.7 Å². The van der Waals surface area contributed by atoms with Crippen molar-refractivity contribution >= 4 is 79.2 Å². The number of carbonyl (C=O) groups is 1. The summed E-state index contributed by atoms with van der Waals surface area (Å²) in [6.07, 6.45) is -0.657. The van der Waals surface area contributed by atoms with Gasteiger partial charge >= 0.3 is 5.97 Å². The van der Waals surface area contributed by atoms with Gasteiger partial charge in [-0.1, -0.05) is 57.1 Å². The van der Waals surface area contributed by atoms with Crippen molar-refractivity contribution in [3.8, 4) is 11.5 Å². The van der Waals surface area contributed by atoms with Gasteiger partial charge in [-0.05, 0) is 104 Å². The van der Waals surface area contributed by atoms with Crippen molar-refractivity contribution in [1.82, 2.24) is 0 Å². The van der Waals surface area contributed by atoms with Gasteiger partial charge in [0.2, 0.25) is 0 Å². The molecule has 10 heteroatoms. The number of hydrazine groups is 1. The van der Waals surface area contributed by atoms with Crippen LogP contribution in [0.2, 0.25) is 0 Å². The topological polar surface area (TPSA) is 93.5 Å². The van der Waals surface area contributed by atoms with E-state index in [1.165, 1.54) is 7.14 Å². The molecule has 0 aliphatic heterocycles. The summed E-state index contributed by atoms with van der Waals surface area (Å²) in [5.74, 6) is 0.724. The minimum Gasteiger partial charge on any atom is -0.490 e. The van der Waals surface area contributed by atoms with E-state index < -0.39 is 12.1 Å². The van der Waals surface area contributed by atoms with Crippen LogP contribution in [-0.4, -0.2) is 34.3 Å². The monoisotopic (exact) mass is 802 g/mol. The highest BCUT2D eigenvalue weighted by Crippen LogP contribution is 2.23. The Hall–Kier alpha value is -3.91. The minimum atomic E-state index is -0.657. The van der Waals surface area contributed by atoms with Crippen molar-refractivity contribution in [3.05, 3.63) is 116 Å². The van der Waals surface area contributed by atoms with Crippen LogP contribution in [0.15, 0.2) is 119 Å². The Bertz CT molecular complexity index is 1560. The normalized spacial score (nSPS) is 11.5. The summed E-state index contributed by atoms with van der Waals surface area (Å²) in [5.41, 5.74) is 9.94. The van der Waals surface area contributed by atoms with Gasteiger partial charge in [-0.3, -0.25) is 0 Å². The number of halogens is 2. The number of benzene rings is 4. The third kappa shape index (κ3) is 10.7. The summed E-state index contributed by atoms with van der Waals surface area (Å²) >= 11 is -0.350. The zero-order chi connectivity index (χ0) is 30.4. The first kappa shape index (κ1) is 32.0. The van der Waals surface area contributed by atoms with Crippen LogP contribution in [-0.2, 0) is 9.53 Å². The van der Waals surface area contributed by atoms with Crippen molar-refractivity contribution in [1.29, 1.82) is 0 Å². The first-order chi connectivity index (χ1) is 20.9. The molecule has 0 spiro atoms. The van der Waals surface area contributed by atoms with Crippen LogP contribution < -0.4 is 20.3 Å². The van der Waals surface area contributed by atoms with E-state index in [1.54, 1.807) is 19.1 Å². The van der Waals surface area contributed by atoms with Gasteiger partial charge in [0.1, 0.15) is 24.7 Å². The molecule has 4 rings (SSSR count). The number of hydrogen-bond donors (Lipinski definition) is 2. The number of hydrogen-bond acceptors (Lipinski definition) is 8.